The van der Waals surface area contributed by atoms with Gasteiger partial charge in [-0.2, -0.15) is 0 Å². The van der Waals surface area contributed by atoms with Crippen molar-refractivity contribution >= 4 is 43.2 Å². The predicted molar refractivity (Wildman–Crippen MR) is 101 cm³/mol. The molecule has 0 aliphatic heterocycles. The predicted octanol–water partition coefficient (Wildman–Crippen LogP) is 4.63. The van der Waals surface area contributed by atoms with E-state index in [-0.39, 0.29) is 29.6 Å². The molecule has 0 fully saturated rings. The molecule has 0 aliphatic rings. The Morgan fingerprint density at radius 1 is 1.32 bits per heavy atom. The van der Waals surface area contributed by atoms with Gasteiger partial charge in [-0.15, -0.1) is 0 Å². The Labute approximate surface area is 149 Å². The van der Waals surface area contributed by atoms with Crippen LogP contribution in [-0.4, -0.2) is 32.8 Å². The average molecular weight is 440 g/mol. The van der Waals surface area contributed by atoms with E-state index in [1.165, 1.54) is 0 Å². The number of aldehydes is 1. The van der Waals surface area contributed by atoms with E-state index in [0.29, 0.717) is 12.8 Å². The molecule has 0 rings (SSSR count). The molecule has 0 aromatic heterocycles. The first-order valence-corrected chi connectivity index (χ1v) is 11.8. The van der Waals surface area contributed by atoms with Crippen LogP contribution >= 0.6 is 22.6 Å². The summed E-state index contributed by atoms with van der Waals surface area (Å²) in [7, 11) is -1.87. The van der Waals surface area contributed by atoms with Crippen LogP contribution in [-0.2, 0) is 18.8 Å². The highest BCUT2D eigenvalue weighted by molar-refractivity contribution is 14.1. The van der Waals surface area contributed by atoms with Crippen LogP contribution in [0.15, 0.2) is 10.2 Å². The van der Waals surface area contributed by atoms with Crippen molar-refractivity contribution < 1.29 is 18.8 Å². The van der Waals surface area contributed by atoms with E-state index in [1.807, 2.05) is 10.2 Å². The monoisotopic (exact) mass is 440 g/mol. The number of carbonyl (C=O) groups excluding carboxylic acids is 2. The van der Waals surface area contributed by atoms with Gasteiger partial charge >= 0.3 is 5.97 Å². The number of carbonyl (C=O) groups is 2. The van der Waals surface area contributed by atoms with Crippen LogP contribution in [0.3, 0.4) is 0 Å². The van der Waals surface area contributed by atoms with E-state index in [2.05, 4.69) is 56.5 Å². The zero-order valence-electron chi connectivity index (χ0n) is 14.5. The first kappa shape index (κ1) is 21.8. The van der Waals surface area contributed by atoms with Crippen LogP contribution in [0, 0.1) is 0 Å². The summed E-state index contributed by atoms with van der Waals surface area (Å²) in [6.45, 7) is 12.7. The molecule has 0 N–H and O–H groups in total. The summed E-state index contributed by atoms with van der Waals surface area (Å²) in [5.41, 5.74) is 0. The molecule has 0 aromatic carbocycles. The van der Waals surface area contributed by atoms with Crippen molar-refractivity contribution in [1.29, 1.82) is 0 Å². The molecule has 0 saturated carbocycles. The first-order chi connectivity index (χ1) is 10.0. The zero-order valence-corrected chi connectivity index (χ0v) is 17.7. The lowest BCUT2D eigenvalue weighted by atomic mass is 10.2. The molecular formula is C16H29IO4Si. The topological polar surface area (TPSA) is 52.6 Å². The van der Waals surface area contributed by atoms with Crippen LogP contribution < -0.4 is 0 Å². The largest absolute Gasteiger partial charge is 0.462 e. The standard InChI is InChI=1S/C16H29IO4Si/c1-13(10-12-18)20-15(19)8-7-14(9-11-17)21-22(5,6)16(2,3)4/h9,11-14H,7-8,10H2,1-6H3/b11-9+/t13-,14+/m1/s1. The van der Waals surface area contributed by atoms with Gasteiger partial charge in [0.25, 0.3) is 0 Å². The molecule has 0 aromatic rings. The highest BCUT2D eigenvalue weighted by Crippen LogP contribution is 2.37. The lowest BCUT2D eigenvalue weighted by molar-refractivity contribution is -0.149. The lowest BCUT2D eigenvalue weighted by Gasteiger charge is -2.38. The van der Waals surface area contributed by atoms with E-state index in [4.69, 9.17) is 9.16 Å². The fourth-order valence-corrected chi connectivity index (χ4v) is 3.33. The lowest BCUT2D eigenvalue weighted by Crippen LogP contribution is -2.43. The molecule has 2 atom stereocenters. The smallest absolute Gasteiger partial charge is 0.306 e. The Bertz CT molecular complexity index is 388. The second kappa shape index (κ2) is 9.82. The Kier molecular flexibility index (Phi) is 9.73. The molecule has 0 aliphatic carbocycles. The third-order valence-corrected chi connectivity index (χ3v) is 8.85. The molecule has 6 heteroatoms. The van der Waals surface area contributed by atoms with Gasteiger partial charge in [0.05, 0.1) is 6.10 Å². The third-order valence-electron chi connectivity index (χ3n) is 3.93. The van der Waals surface area contributed by atoms with Gasteiger partial charge in [0.2, 0.25) is 0 Å². The number of halogens is 1. The van der Waals surface area contributed by atoms with Crippen molar-refractivity contribution in [3.05, 3.63) is 10.2 Å². The highest BCUT2D eigenvalue weighted by Gasteiger charge is 2.38. The van der Waals surface area contributed by atoms with Crippen molar-refractivity contribution in [2.24, 2.45) is 0 Å². The van der Waals surface area contributed by atoms with Gasteiger partial charge in [0.1, 0.15) is 12.4 Å². The van der Waals surface area contributed by atoms with Crippen LogP contribution in [0.25, 0.3) is 0 Å². The molecule has 0 saturated heterocycles. The van der Waals surface area contributed by atoms with Gasteiger partial charge in [-0.3, -0.25) is 4.79 Å². The summed E-state index contributed by atoms with van der Waals surface area (Å²) in [6.07, 6.45) is 3.45. The van der Waals surface area contributed by atoms with Crippen LogP contribution in [0.4, 0.5) is 0 Å². The molecule has 0 amide bonds. The molecule has 0 bridgehead atoms. The Morgan fingerprint density at radius 3 is 2.36 bits per heavy atom. The molecule has 4 nitrogen and oxygen atoms in total. The minimum Gasteiger partial charge on any atom is -0.462 e. The van der Waals surface area contributed by atoms with Crippen molar-refractivity contribution in [3.63, 3.8) is 0 Å². The summed E-state index contributed by atoms with van der Waals surface area (Å²) in [4.78, 5) is 22.2. The van der Waals surface area contributed by atoms with Crippen molar-refractivity contribution in [1.82, 2.24) is 0 Å². The summed E-state index contributed by atoms with van der Waals surface area (Å²) in [5, 5.41) is 0.128. The Morgan fingerprint density at radius 2 is 1.91 bits per heavy atom. The van der Waals surface area contributed by atoms with Crippen molar-refractivity contribution in [2.45, 2.75) is 77.3 Å². The van der Waals surface area contributed by atoms with Crippen LogP contribution in [0.1, 0.15) is 47.0 Å². The van der Waals surface area contributed by atoms with Gasteiger partial charge in [-0.05, 0) is 35.6 Å². The van der Waals surface area contributed by atoms with Gasteiger partial charge in [-0.1, -0.05) is 49.4 Å². The zero-order chi connectivity index (χ0) is 17.4. The highest BCUT2D eigenvalue weighted by atomic mass is 127. The molecule has 0 spiro atoms. The maximum atomic E-state index is 11.8. The number of rotatable bonds is 9. The van der Waals surface area contributed by atoms with Crippen LogP contribution in [0.5, 0.6) is 0 Å². The van der Waals surface area contributed by atoms with Crippen molar-refractivity contribution in [2.75, 3.05) is 0 Å². The van der Waals surface area contributed by atoms with Gasteiger partial charge in [0.15, 0.2) is 8.32 Å². The van der Waals surface area contributed by atoms with Gasteiger partial charge in [-0.25, -0.2) is 0 Å². The minimum absolute atomic E-state index is 0.0771. The molecule has 0 heterocycles. The summed E-state index contributed by atoms with van der Waals surface area (Å²) in [6, 6.07) is 0. The van der Waals surface area contributed by atoms with Crippen molar-refractivity contribution in [3.8, 4) is 0 Å². The molecule has 0 unspecified atom stereocenters. The molecular weight excluding hydrogens is 411 g/mol. The molecule has 128 valence electrons. The summed E-state index contributed by atoms with van der Waals surface area (Å²) in [5.74, 6) is -0.278. The van der Waals surface area contributed by atoms with Gasteiger partial charge < -0.3 is 14.0 Å². The van der Waals surface area contributed by atoms with Crippen LogP contribution in [0.2, 0.25) is 18.1 Å². The minimum atomic E-state index is -1.87. The second-order valence-corrected chi connectivity index (χ2v) is 12.5. The molecule has 22 heavy (non-hydrogen) atoms. The van der Waals surface area contributed by atoms with Gasteiger partial charge in [0, 0.05) is 12.8 Å². The first-order valence-electron chi connectivity index (χ1n) is 7.61. The second-order valence-electron chi connectivity index (χ2n) is 6.98. The fourth-order valence-electron chi connectivity index (χ4n) is 1.56. The number of hydrogen-bond donors (Lipinski definition) is 0. The Balaban J connectivity index is 4.55. The van der Waals surface area contributed by atoms with E-state index in [9.17, 15) is 9.59 Å². The van der Waals surface area contributed by atoms with E-state index < -0.39 is 8.32 Å². The van der Waals surface area contributed by atoms with E-state index in [0.717, 1.165) is 6.29 Å². The van der Waals surface area contributed by atoms with E-state index in [1.54, 1.807) is 6.92 Å². The summed E-state index contributed by atoms with van der Waals surface area (Å²) >= 11 is 2.16. The quantitative estimate of drug-likeness (QED) is 0.227. The van der Waals surface area contributed by atoms with E-state index >= 15 is 0 Å². The average Bonchev–Trinajstić information content (AvgIpc) is 2.34. The fraction of sp³-hybridized carbons (Fsp3) is 0.750. The number of ether oxygens (including phenoxy) is 1. The normalized spacial score (nSPS) is 15.6. The number of hydrogen-bond acceptors (Lipinski definition) is 4. The SMILES string of the molecule is C[C@H](CC=O)OC(=O)CC[C@@H](/C=C/I)O[Si](C)(C)C(C)(C)C. The third kappa shape index (κ3) is 8.43. The maximum Gasteiger partial charge on any atom is 0.306 e. The maximum absolute atomic E-state index is 11.8. The molecule has 0 radical (unpaired) electrons. The number of esters is 1. The summed E-state index contributed by atoms with van der Waals surface area (Å²) < 4.78 is 13.4. The Hall–Kier alpha value is -0.213.